The summed E-state index contributed by atoms with van der Waals surface area (Å²) in [6.07, 6.45) is 0.0668. The summed E-state index contributed by atoms with van der Waals surface area (Å²) in [5.41, 5.74) is -2.77. The Kier molecular flexibility index (Phi) is 8.38. The van der Waals surface area contributed by atoms with Gasteiger partial charge in [0.25, 0.3) is 5.56 Å². The summed E-state index contributed by atoms with van der Waals surface area (Å²) in [7, 11) is 0. The topological polar surface area (TPSA) is 132 Å². The second-order valence-corrected chi connectivity index (χ2v) is 9.30. The van der Waals surface area contributed by atoms with Crippen LogP contribution in [0.25, 0.3) is 0 Å². The van der Waals surface area contributed by atoms with Gasteiger partial charge in [0.1, 0.15) is 24.2 Å². The van der Waals surface area contributed by atoms with Gasteiger partial charge >= 0.3 is 5.69 Å². The van der Waals surface area contributed by atoms with Crippen molar-refractivity contribution in [1.82, 2.24) is 9.13 Å². The van der Waals surface area contributed by atoms with Gasteiger partial charge in [-0.2, -0.15) is 0 Å². The molecule has 1 saturated heterocycles. The van der Waals surface area contributed by atoms with Crippen LogP contribution < -0.4 is 11.2 Å². The Morgan fingerprint density at radius 3 is 2.11 bits per heavy atom. The van der Waals surface area contributed by atoms with Gasteiger partial charge in [0, 0.05) is 18.2 Å². The molecular weight excluding hydrogens is 480 g/mol. The van der Waals surface area contributed by atoms with Gasteiger partial charge in [0.2, 0.25) is 0 Å². The molecule has 3 atom stereocenters. The van der Waals surface area contributed by atoms with Crippen LogP contribution in [-0.4, -0.2) is 55.5 Å². The molecule has 1 fully saturated rings. The molecule has 10 nitrogen and oxygen atoms in total. The number of benzene rings is 2. The number of aliphatic hydroxyl groups excluding tert-OH is 2. The number of aromatic nitrogens is 2. The van der Waals surface area contributed by atoms with Crippen molar-refractivity contribution in [3.05, 3.63) is 104 Å². The van der Waals surface area contributed by atoms with Crippen molar-refractivity contribution < 1.29 is 29.5 Å². The Hall–Kier alpha value is -3.12. The highest BCUT2D eigenvalue weighted by Gasteiger charge is 2.59. The Morgan fingerprint density at radius 2 is 1.54 bits per heavy atom. The maximum atomic E-state index is 13.3. The molecule has 1 unspecified atom stereocenters. The van der Waals surface area contributed by atoms with Gasteiger partial charge in [-0.05, 0) is 18.1 Å². The van der Waals surface area contributed by atoms with Gasteiger partial charge in [0.05, 0.1) is 33.0 Å². The van der Waals surface area contributed by atoms with Crippen molar-refractivity contribution in [2.24, 2.45) is 0 Å². The Labute approximate surface area is 213 Å². The first kappa shape index (κ1) is 26.9. The van der Waals surface area contributed by atoms with Crippen molar-refractivity contribution in [3.63, 3.8) is 0 Å². The van der Waals surface area contributed by atoms with Crippen molar-refractivity contribution in [3.8, 4) is 0 Å². The smallest absolute Gasteiger partial charge is 0.335 e. The number of ether oxygens (including phenoxy) is 3. The van der Waals surface area contributed by atoms with E-state index in [1.54, 1.807) is 6.92 Å². The van der Waals surface area contributed by atoms with E-state index in [2.05, 4.69) is 0 Å². The first-order chi connectivity index (χ1) is 17.8. The van der Waals surface area contributed by atoms with Gasteiger partial charge in [0.15, 0.2) is 0 Å². The fraction of sp³-hybridized carbons (Fsp3) is 0.407. The molecule has 1 aliphatic rings. The Morgan fingerprint density at radius 1 is 0.946 bits per heavy atom. The SMILES string of the molecule is Cc1cn([C@H]2CC(O)(CO)[C@@](CO)(COCc3ccccc3)O2)c(=O)n(COCc2ccccc2)c1=O. The number of nitrogens with zero attached hydrogens (tertiary/aromatic N) is 2. The predicted molar refractivity (Wildman–Crippen MR) is 134 cm³/mol. The van der Waals surface area contributed by atoms with Gasteiger partial charge < -0.3 is 29.5 Å². The third kappa shape index (κ3) is 5.59. The number of hydrogen-bond donors (Lipinski definition) is 3. The number of hydrogen-bond acceptors (Lipinski definition) is 8. The molecule has 198 valence electrons. The van der Waals surface area contributed by atoms with E-state index in [1.807, 2.05) is 60.7 Å². The molecule has 0 saturated carbocycles. The normalized spacial score (nSPS) is 23.4. The Balaban J connectivity index is 1.55. The minimum atomic E-state index is -1.90. The lowest BCUT2D eigenvalue weighted by Crippen LogP contribution is -2.58. The summed E-state index contributed by atoms with van der Waals surface area (Å²) in [6.45, 7) is 0.0464. The molecule has 10 heteroatoms. The quantitative estimate of drug-likeness (QED) is 0.348. The first-order valence-corrected chi connectivity index (χ1v) is 12.0. The van der Waals surface area contributed by atoms with Crippen LogP contribution in [0.4, 0.5) is 0 Å². The summed E-state index contributed by atoms with van der Waals surface area (Å²) in [4.78, 5) is 26.0. The summed E-state index contributed by atoms with van der Waals surface area (Å²) in [5, 5.41) is 31.6. The molecule has 2 heterocycles. The van der Waals surface area contributed by atoms with Crippen LogP contribution in [0.1, 0.15) is 29.3 Å². The second kappa shape index (κ2) is 11.5. The molecule has 37 heavy (non-hydrogen) atoms. The molecule has 0 aliphatic carbocycles. The standard InChI is InChI=1S/C27H32N2O8/c1-20-13-28(25(33)29(24(20)32)19-36-15-22-10-6-3-7-11-22)23-12-26(34,16-30)27(17-31,37-23)18-35-14-21-8-4-2-5-9-21/h2-11,13,23,30-31,34H,12,14-19H2,1H3/t23-,26?,27-/m1/s1. The van der Waals surface area contributed by atoms with Crippen molar-refractivity contribution in [1.29, 1.82) is 0 Å². The van der Waals surface area contributed by atoms with Crippen LogP contribution in [0.3, 0.4) is 0 Å². The van der Waals surface area contributed by atoms with Crippen LogP contribution in [0.5, 0.6) is 0 Å². The van der Waals surface area contributed by atoms with E-state index < -0.39 is 41.9 Å². The largest absolute Gasteiger partial charge is 0.393 e. The average Bonchev–Trinajstić information content (AvgIpc) is 3.22. The summed E-state index contributed by atoms with van der Waals surface area (Å²) < 4.78 is 19.6. The molecular formula is C27H32N2O8. The zero-order valence-corrected chi connectivity index (χ0v) is 20.7. The summed E-state index contributed by atoms with van der Waals surface area (Å²) in [5.74, 6) is 0. The van der Waals surface area contributed by atoms with Crippen molar-refractivity contribution in [2.75, 3.05) is 19.8 Å². The molecule has 2 aromatic carbocycles. The third-order valence-corrected chi connectivity index (χ3v) is 6.69. The lowest BCUT2D eigenvalue weighted by Gasteiger charge is -2.37. The zero-order chi connectivity index (χ0) is 26.5. The van der Waals surface area contributed by atoms with E-state index in [0.29, 0.717) is 0 Å². The molecule has 0 radical (unpaired) electrons. The minimum Gasteiger partial charge on any atom is -0.393 e. The van der Waals surface area contributed by atoms with Crippen LogP contribution in [0.15, 0.2) is 76.4 Å². The lowest BCUT2D eigenvalue weighted by atomic mass is 9.84. The molecule has 0 amide bonds. The molecule has 4 rings (SSSR count). The van der Waals surface area contributed by atoms with Crippen molar-refractivity contribution in [2.45, 2.75) is 50.7 Å². The van der Waals surface area contributed by atoms with Crippen LogP contribution >= 0.6 is 0 Å². The Bertz CT molecular complexity index is 1290. The lowest BCUT2D eigenvalue weighted by molar-refractivity contribution is -0.204. The first-order valence-electron chi connectivity index (χ1n) is 12.0. The highest BCUT2D eigenvalue weighted by Crippen LogP contribution is 2.44. The van der Waals surface area contributed by atoms with Gasteiger partial charge in [-0.3, -0.25) is 9.36 Å². The fourth-order valence-corrected chi connectivity index (χ4v) is 4.46. The maximum absolute atomic E-state index is 13.3. The highest BCUT2D eigenvalue weighted by atomic mass is 16.6. The van der Waals surface area contributed by atoms with E-state index in [-0.39, 0.29) is 38.5 Å². The highest BCUT2D eigenvalue weighted by molar-refractivity contribution is 5.15. The van der Waals surface area contributed by atoms with Crippen LogP contribution in [0.2, 0.25) is 0 Å². The summed E-state index contributed by atoms with van der Waals surface area (Å²) in [6, 6.07) is 18.7. The molecule has 0 spiro atoms. The van der Waals surface area contributed by atoms with Crippen LogP contribution in [-0.2, 0) is 34.2 Å². The average molecular weight is 513 g/mol. The molecule has 1 aliphatic heterocycles. The molecule has 3 aromatic rings. The van der Waals surface area contributed by atoms with E-state index in [4.69, 9.17) is 14.2 Å². The summed E-state index contributed by atoms with van der Waals surface area (Å²) >= 11 is 0. The fourth-order valence-electron chi connectivity index (χ4n) is 4.46. The van der Waals surface area contributed by atoms with E-state index in [9.17, 15) is 24.9 Å². The van der Waals surface area contributed by atoms with Gasteiger partial charge in [-0.1, -0.05) is 60.7 Å². The zero-order valence-electron chi connectivity index (χ0n) is 20.7. The van der Waals surface area contributed by atoms with E-state index in [1.165, 1.54) is 10.8 Å². The van der Waals surface area contributed by atoms with Gasteiger partial charge in [-0.25, -0.2) is 9.36 Å². The van der Waals surface area contributed by atoms with Gasteiger partial charge in [-0.15, -0.1) is 0 Å². The van der Waals surface area contributed by atoms with Crippen molar-refractivity contribution >= 4 is 0 Å². The minimum absolute atomic E-state index is 0.195. The van der Waals surface area contributed by atoms with E-state index >= 15 is 0 Å². The third-order valence-electron chi connectivity index (χ3n) is 6.69. The van der Waals surface area contributed by atoms with Crippen LogP contribution in [0, 0.1) is 6.92 Å². The molecule has 3 N–H and O–H groups in total. The monoisotopic (exact) mass is 512 g/mol. The predicted octanol–water partition coefficient (Wildman–Crippen LogP) is 1.08. The van der Waals surface area contributed by atoms with E-state index in [0.717, 1.165) is 15.7 Å². The number of aryl methyl sites for hydroxylation is 1. The number of aliphatic hydroxyl groups is 3. The molecule has 1 aromatic heterocycles. The number of rotatable bonds is 11. The maximum Gasteiger partial charge on any atom is 0.335 e. The second-order valence-electron chi connectivity index (χ2n) is 9.30. The molecule has 0 bridgehead atoms.